The number of hydrogen-bond donors (Lipinski definition) is 2. The lowest BCUT2D eigenvalue weighted by atomic mass is 10.1. The van der Waals surface area contributed by atoms with E-state index >= 15 is 0 Å². The molecule has 3 N–H and O–H groups in total. The molecule has 1 aromatic rings. The predicted octanol–water partition coefficient (Wildman–Crippen LogP) is 4.41. The zero-order chi connectivity index (χ0) is 17.8. The fraction of sp³-hybridized carbons (Fsp3) is 0.238. The average molecular weight is 323 g/mol. The van der Waals surface area contributed by atoms with Crippen molar-refractivity contribution in [2.24, 2.45) is 5.84 Å². The fourth-order valence-corrected chi connectivity index (χ4v) is 2.37. The van der Waals surface area contributed by atoms with E-state index in [2.05, 4.69) is 37.5 Å². The minimum atomic E-state index is 0.701. The molecule has 0 fully saturated rings. The van der Waals surface area contributed by atoms with Gasteiger partial charge in [-0.3, -0.25) is 0 Å². The minimum absolute atomic E-state index is 0.701. The second-order valence-corrected chi connectivity index (χ2v) is 5.30. The summed E-state index contributed by atoms with van der Waals surface area (Å²) in [6, 6.07) is 10.3. The Morgan fingerprint density at radius 2 is 1.96 bits per heavy atom. The summed E-state index contributed by atoms with van der Waals surface area (Å²) in [5.74, 6) is 6.13. The summed E-state index contributed by atoms with van der Waals surface area (Å²) in [5.41, 5.74) is 4.48. The topological polar surface area (TPSA) is 41.3 Å². The van der Waals surface area contributed by atoms with Gasteiger partial charge in [0.15, 0.2) is 0 Å². The number of hydrogen-bond acceptors (Lipinski definition) is 3. The molecule has 0 heterocycles. The van der Waals surface area contributed by atoms with Crippen LogP contribution in [-0.4, -0.2) is 18.1 Å². The van der Waals surface area contributed by atoms with E-state index in [9.17, 15) is 0 Å². The van der Waals surface area contributed by atoms with Crippen molar-refractivity contribution in [1.29, 1.82) is 0 Å². The predicted molar refractivity (Wildman–Crippen MR) is 106 cm³/mol. The Hall–Kier alpha value is -2.52. The first kappa shape index (κ1) is 19.5. The fourth-order valence-electron chi connectivity index (χ4n) is 2.37. The summed E-state index contributed by atoms with van der Waals surface area (Å²) in [6.45, 7) is 13.1. The molecule has 0 amide bonds. The Morgan fingerprint density at radius 3 is 2.50 bits per heavy atom. The maximum absolute atomic E-state index is 6.13. The summed E-state index contributed by atoms with van der Waals surface area (Å²) in [4.78, 5) is 0. The maximum Gasteiger partial charge on any atom is 0.0508 e. The van der Waals surface area contributed by atoms with Crippen LogP contribution in [0, 0.1) is 0 Å². The van der Waals surface area contributed by atoms with Crippen molar-refractivity contribution in [3.05, 3.63) is 90.8 Å². The van der Waals surface area contributed by atoms with Crippen molar-refractivity contribution < 1.29 is 0 Å². The van der Waals surface area contributed by atoms with Crippen LogP contribution in [0.2, 0.25) is 0 Å². The third-order valence-electron chi connectivity index (χ3n) is 3.65. The number of nitrogens with one attached hydrogen (secondary N) is 1. The standard InChI is InChI=1S/C21H29N3/c1-5-12-18(6-2)21(8-4)23-15-16-24(22)17-19(7-3)20-13-10-9-11-14-20/h5-6,8-14,17,23H,1-2,7,15-16,22H2,3-4H3/b18-12+,19-17+,21-8-. The van der Waals surface area contributed by atoms with Gasteiger partial charge >= 0.3 is 0 Å². The number of nitrogens with two attached hydrogens (primary N) is 1. The molecule has 0 aliphatic rings. The smallest absolute Gasteiger partial charge is 0.0508 e. The first-order valence-electron chi connectivity index (χ1n) is 8.29. The van der Waals surface area contributed by atoms with Crippen LogP contribution in [0.3, 0.4) is 0 Å². The Labute approximate surface area is 146 Å². The van der Waals surface area contributed by atoms with Crippen LogP contribution in [0.5, 0.6) is 0 Å². The molecule has 0 saturated carbocycles. The van der Waals surface area contributed by atoms with Crippen molar-refractivity contribution in [3.8, 4) is 0 Å². The summed E-state index contributed by atoms with van der Waals surface area (Å²) >= 11 is 0. The normalized spacial score (nSPS) is 12.7. The van der Waals surface area contributed by atoms with E-state index in [1.807, 2.05) is 49.6 Å². The molecule has 24 heavy (non-hydrogen) atoms. The number of allylic oxidation sites excluding steroid dienone is 5. The van der Waals surface area contributed by atoms with Gasteiger partial charge in [0.2, 0.25) is 0 Å². The lowest BCUT2D eigenvalue weighted by molar-refractivity contribution is 0.394. The van der Waals surface area contributed by atoms with Gasteiger partial charge in [-0.15, -0.1) is 0 Å². The molecule has 0 unspecified atom stereocenters. The van der Waals surface area contributed by atoms with Crippen LogP contribution in [-0.2, 0) is 0 Å². The van der Waals surface area contributed by atoms with Crippen molar-refractivity contribution in [2.75, 3.05) is 13.1 Å². The lowest BCUT2D eigenvalue weighted by Gasteiger charge is -2.18. The molecule has 0 bridgehead atoms. The SMILES string of the molecule is C=C/C=C(C=C)/C(=C/C)NCCN(N)/C=C(\CC)c1ccccc1. The highest BCUT2D eigenvalue weighted by Gasteiger charge is 2.03. The van der Waals surface area contributed by atoms with Crippen LogP contribution in [0.1, 0.15) is 25.8 Å². The van der Waals surface area contributed by atoms with Crippen molar-refractivity contribution in [3.63, 3.8) is 0 Å². The average Bonchev–Trinajstić information content (AvgIpc) is 2.62. The zero-order valence-corrected chi connectivity index (χ0v) is 14.8. The molecule has 1 aromatic carbocycles. The molecule has 0 atom stereocenters. The molecule has 128 valence electrons. The van der Waals surface area contributed by atoms with Crippen LogP contribution in [0.4, 0.5) is 0 Å². The molecule has 0 spiro atoms. The van der Waals surface area contributed by atoms with Crippen LogP contribution in [0.15, 0.2) is 85.3 Å². The molecule has 0 radical (unpaired) electrons. The van der Waals surface area contributed by atoms with E-state index in [0.29, 0.717) is 6.54 Å². The zero-order valence-electron chi connectivity index (χ0n) is 14.8. The van der Waals surface area contributed by atoms with Gasteiger partial charge in [-0.05, 0) is 30.1 Å². The minimum Gasteiger partial charge on any atom is -0.383 e. The number of nitrogens with zero attached hydrogens (tertiary/aromatic N) is 1. The molecule has 0 aromatic heterocycles. The highest BCUT2D eigenvalue weighted by atomic mass is 15.4. The summed E-state index contributed by atoms with van der Waals surface area (Å²) in [5, 5.41) is 5.12. The third kappa shape index (κ3) is 6.31. The van der Waals surface area contributed by atoms with Gasteiger partial charge in [0.25, 0.3) is 0 Å². The molecule has 3 heteroatoms. The highest BCUT2D eigenvalue weighted by Crippen LogP contribution is 2.17. The van der Waals surface area contributed by atoms with Crippen molar-refractivity contribution in [1.82, 2.24) is 10.3 Å². The van der Waals surface area contributed by atoms with Gasteiger partial charge < -0.3 is 10.3 Å². The molecule has 0 aliphatic carbocycles. The van der Waals surface area contributed by atoms with Gasteiger partial charge in [-0.2, -0.15) is 0 Å². The molecule has 1 rings (SSSR count). The molecule has 0 saturated heterocycles. The Bertz CT molecular complexity index is 609. The van der Waals surface area contributed by atoms with Crippen LogP contribution in [0.25, 0.3) is 5.57 Å². The van der Waals surface area contributed by atoms with E-state index in [1.165, 1.54) is 11.1 Å². The van der Waals surface area contributed by atoms with Gasteiger partial charge in [-0.25, -0.2) is 5.84 Å². The van der Waals surface area contributed by atoms with E-state index in [-0.39, 0.29) is 0 Å². The Kier molecular flexibility index (Phi) is 9.02. The van der Waals surface area contributed by atoms with Gasteiger partial charge in [0, 0.05) is 18.4 Å². The maximum atomic E-state index is 6.13. The van der Waals surface area contributed by atoms with Crippen molar-refractivity contribution >= 4 is 5.57 Å². The quantitative estimate of drug-likeness (QED) is 0.381. The highest BCUT2D eigenvalue weighted by molar-refractivity contribution is 5.64. The Balaban J connectivity index is 2.63. The van der Waals surface area contributed by atoms with Crippen LogP contribution >= 0.6 is 0 Å². The van der Waals surface area contributed by atoms with E-state index < -0.39 is 0 Å². The second-order valence-electron chi connectivity index (χ2n) is 5.30. The summed E-state index contributed by atoms with van der Waals surface area (Å²) in [7, 11) is 0. The monoisotopic (exact) mass is 323 g/mol. The molecule has 3 nitrogen and oxygen atoms in total. The van der Waals surface area contributed by atoms with E-state index in [1.54, 1.807) is 11.1 Å². The molecular weight excluding hydrogens is 294 g/mol. The van der Waals surface area contributed by atoms with Crippen LogP contribution < -0.4 is 11.2 Å². The van der Waals surface area contributed by atoms with Crippen molar-refractivity contribution in [2.45, 2.75) is 20.3 Å². The van der Waals surface area contributed by atoms with Gasteiger partial charge in [-0.1, -0.05) is 74.7 Å². The second kappa shape index (κ2) is 11.1. The van der Waals surface area contributed by atoms with E-state index in [4.69, 9.17) is 5.84 Å². The third-order valence-corrected chi connectivity index (χ3v) is 3.65. The summed E-state index contributed by atoms with van der Waals surface area (Å²) in [6.07, 6.45) is 10.5. The summed E-state index contributed by atoms with van der Waals surface area (Å²) < 4.78 is 0. The first-order valence-corrected chi connectivity index (χ1v) is 8.29. The number of hydrazine groups is 1. The number of benzene rings is 1. The van der Waals surface area contributed by atoms with Gasteiger partial charge in [0.1, 0.15) is 0 Å². The first-order chi connectivity index (χ1) is 11.7. The van der Waals surface area contributed by atoms with E-state index in [0.717, 1.165) is 24.2 Å². The lowest BCUT2D eigenvalue weighted by Crippen LogP contribution is -2.33. The molecule has 0 aliphatic heterocycles. The molecular formula is C21H29N3. The van der Waals surface area contributed by atoms with Gasteiger partial charge in [0.05, 0.1) is 6.54 Å². The Morgan fingerprint density at radius 1 is 1.25 bits per heavy atom. The largest absolute Gasteiger partial charge is 0.383 e. The number of rotatable bonds is 10.